The Kier molecular flexibility index (Phi) is 3.95. The largest absolute Gasteiger partial charge is 0.497 e. The number of methoxy groups -OCH3 is 2. The highest BCUT2D eigenvalue weighted by Crippen LogP contribution is 2.28. The van der Waals surface area contributed by atoms with Crippen LogP contribution in [0.4, 0.5) is 0 Å². The van der Waals surface area contributed by atoms with Crippen LogP contribution >= 0.6 is 0 Å². The fraction of sp³-hybridized carbons (Fsp3) is 0.500. The zero-order chi connectivity index (χ0) is 14.0. The van der Waals surface area contributed by atoms with Crippen molar-refractivity contribution in [2.45, 2.75) is 25.4 Å². The molecule has 2 unspecified atom stereocenters. The minimum absolute atomic E-state index is 0.0422. The SMILES string of the molecule is COc1ccc(OC)c(C(=O)N2CCC(N)C2C)c1. The lowest BCUT2D eigenvalue weighted by Gasteiger charge is -2.24. The van der Waals surface area contributed by atoms with Gasteiger partial charge < -0.3 is 20.1 Å². The van der Waals surface area contributed by atoms with E-state index in [1.807, 2.05) is 6.92 Å². The van der Waals surface area contributed by atoms with E-state index < -0.39 is 0 Å². The van der Waals surface area contributed by atoms with Crippen molar-refractivity contribution in [2.24, 2.45) is 5.73 Å². The van der Waals surface area contributed by atoms with Gasteiger partial charge in [-0.1, -0.05) is 0 Å². The fourth-order valence-electron chi connectivity index (χ4n) is 2.39. The van der Waals surface area contributed by atoms with Gasteiger partial charge in [0.2, 0.25) is 0 Å². The van der Waals surface area contributed by atoms with E-state index in [2.05, 4.69) is 0 Å². The highest BCUT2D eigenvalue weighted by molar-refractivity contribution is 5.97. The number of nitrogens with zero attached hydrogens (tertiary/aromatic N) is 1. The minimum atomic E-state index is -0.0591. The van der Waals surface area contributed by atoms with Gasteiger partial charge in [0.25, 0.3) is 5.91 Å². The van der Waals surface area contributed by atoms with E-state index in [0.717, 1.165) is 6.42 Å². The molecule has 19 heavy (non-hydrogen) atoms. The maximum atomic E-state index is 12.6. The molecule has 1 saturated heterocycles. The Bertz CT molecular complexity index is 476. The lowest BCUT2D eigenvalue weighted by atomic mass is 10.1. The van der Waals surface area contributed by atoms with Crippen molar-refractivity contribution in [1.82, 2.24) is 4.90 Å². The van der Waals surface area contributed by atoms with Crippen LogP contribution in [0.15, 0.2) is 18.2 Å². The predicted octanol–water partition coefficient (Wildman–Crippen LogP) is 1.27. The van der Waals surface area contributed by atoms with E-state index in [1.54, 1.807) is 37.3 Å². The molecule has 5 nitrogen and oxygen atoms in total. The molecule has 1 aliphatic heterocycles. The number of nitrogens with two attached hydrogens (primary N) is 1. The number of rotatable bonds is 3. The lowest BCUT2D eigenvalue weighted by molar-refractivity contribution is 0.0738. The Morgan fingerprint density at radius 1 is 1.37 bits per heavy atom. The summed E-state index contributed by atoms with van der Waals surface area (Å²) in [5, 5.41) is 0. The highest BCUT2D eigenvalue weighted by Gasteiger charge is 2.33. The number of likely N-dealkylation sites (tertiary alicyclic amines) is 1. The molecule has 0 bridgehead atoms. The van der Waals surface area contributed by atoms with E-state index in [4.69, 9.17) is 15.2 Å². The molecule has 1 fully saturated rings. The zero-order valence-electron chi connectivity index (χ0n) is 11.6. The highest BCUT2D eigenvalue weighted by atomic mass is 16.5. The van der Waals surface area contributed by atoms with Crippen LogP contribution in [0.3, 0.4) is 0 Å². The number of hydrogen-bond donors (Lipinski definition) is 1. The molecule has 1 amide bonds. The molecular formula is C14H20N2O3. The van der Waals surface area contributed by atoms with E-state index >= 15 is 0 Å². The Hall–Kier alpha value is -1.75. The quantitative estimate of drug-likeness (QED) is 0.892. The Morgan fingerprint density at radius 2 is 2.11 bits per heavy atom. The predicted molar refractivity (Wildman–Crippen MR) is 72.6 cm³/mol. The molecular weight excluding hydrogens is 244 g/mol. The summed E-state index contributed by atoms with van der Waals surface area (Å²) in [7, 11) is 3.13. The molecule has 1 heterocycles. The minimum Gasteiger partial charge on any atom is -0.497 e. The van der Waals surface area contributed by atoms with Crippen LogP contribution in [0.2, 0.25) is 0 Å². The summed E-state index contributed by atoms with van der Waals surface area (Å²) in [4.78, 5) is 14.4. The van der Waals surface area contributed by atoms with Crippen molar-refractivity contribution in [1.29, 1.82) is 0 Å². The van der Waals surface area contributed by atoms with E-state index in [1.165, 1.54) is 0 Å². The number of hydrogen-bond acceptors (Lipinski definition) is 4. The molecule has 0 spiro atoms. The van der Waals surface area contributed by atoms with E-state index in [-0.39, 0.29) is 18.0 Å². The number of carbonyl (C=O) groups is 1. The second-order valence-electron chi connectivity index (χ2n) is 4.76. The standard InChI is InChI=1S/C14H20N2O3/c1-9-12(15)6-7-16(9)14(17)11-8-10(18-2)4-5-13(11)19-3/h4-5,8-9,12H,6-7,15H2,1-3H3. The first-order chi connectivity index (χ1) is 9.08. The molecule has 2 atom stereocenters. The summed E-state index contributed by atoms with van der Waals surface area (Å²) in [5.74, 6) is 1.13. The van der Waals surface area contributed by atoms with Crippen molar-refractivity contribution >= 4 is 5.91 Å². The van der Waals surface area contributed by atoms with Crippen molar-refractivity contribution in [3.8, 4) is 11.5 Å². The molecule has 0 aromatic heterocycles. The second-order valence-corrected chi connectivity index (χ2v) is 4.76. The van der Waals surface area contributed by atoms with Gasteiger partial charge in [-0.2, -0.15) is 0 Å². The molecule has 0 saturated carbocycles. The maximum Gasteiger partial charge on any atom is 0.258 e. The summed E-state index contributed by atoms with van der Waals surface area (Å²) >= 11 is 0. The van der Waals surface area contributed by atoms with Gasteiger partial charge in [-0.25, -0.2) is 0 Å². The van der Waals surface area contributed by atoms with Crippen LogP contribution in [0.5, 0.6) is 11.5 Å². The molecule has 0 aliphatic carbocycles. The zero-order valence-corrected chi connectivity index (χ0v) is 11.6. The van der Waals surface area contributed by atoms with Gasteiger partial charge >= 0.3 is 0 Å². The second kappa shape index (κ2) is 5.48. The third-order valence-corrected chi connectivity index (χ3v) is 3.71. The number of carbonyl (C=O) groups excluding carboxylic acids is 1. The smallest absolute Gasteiger partial charge is 0.258 e. The topological polar surface area (TPSA) is 64.8 Å². The average Bonchev–Trinajstić information content (AvgIpc) is 2.77. The van der Waals surface area contributed by atoms with Crippen LogP contribution in [0.1, 0.15) is 23.7 Å². The van der Waals surface area contributed by atoms with Gasteiger partial charge in [0.1, 0.15) is 11.5 Å². The summed E-state index contributed by atoms with van der Waals surface area (Å²) < 4.78 is 10.4. The molecule has 1 aromatic rings. The van der Waals surface area contributed by atoms with Crippen LogP contribution < -0.4 is 15.2 Å². The van der Waals surface area contributed by atoms with Crippen molar-refractivity contribution < 1.29 is 14.3 Å². The van der Waals surface area contributed by atoms with Gasteiger partial charge in [-0.05, 0) is 31.5 Å². The lowest BCUT2D eigenvalue weighted by Crippen LogP contribution is -2.40. The molecule has 1 aromatic carbocycles. The average molecular weight is 264 g/mol. The van der Waals surface area contributed by atoms with Crippen molar-refractivity contribution in [2.75, 3.05) is 20.8 Å². The van der Waals surface area contributed by atoms with E-state index in [0.29, 0.717) is 23.6 Å². The molecule has 5 heteroatoms. The van der Waals surface area contributed by atoms with Gasteiger partial charge in [0, 0.05) is 18.6 Å². The molecule has 2 N–H and O–H groups in total. The van der Waals surface area contributed by atoms with Gasteiger partial charge in [0.15, 0.2) is 0 Å². The summed E-state index contributed by atoms with van der Waals surface area (Å²) in [5.41, 5.74) is 6.48. The van der Waals surface area contributed by atoms with Crippen molar-refractivity contribution in [3.05, 3.63) is 23.8 Å². The number of benzene rings is 1. The number of ether oxygens (including phenoxy) is 2. The Labute approximate surface area is 113 Å². The summed E-state index contributed by atoms with van der Waals surface area (Å²) in [6.07, 6.45) is 0.833. The van der Waals surface area contributed by atoms with Crippen LogP contribution in [0.25, 0.3) is 0 Å². The first kappa shape index (κ1) is 13.7. The van der Waals surface area contributed by atoms with E-state index in [9.17, 15) is 4.79 Å². The first-order valence-electron chi connectivity index (χ1n) is 6.37. The third kappa shape index (κ3) is 2.51. The third-order valence-electron chi connectivity index (χ3n) is 3.71. The van der Waals surface area contributed by atoms with Gasteiger partial charge in [-0.15, -0.1) is 0 Å². The van der Waals surface area contributed by atoms with Crippen LogP contribution in [0, 0.1) is 0 Å². The summed E-state index contributed by atoms with van der Waals surface area (Å²) in [6, 6.07) is 5.31. The van der Waals surface area contributed by atoms with Crippen LogP contribution in [-0.2, 0) is 0 Å². The van der Waals surface area contributed by atoms with Crippen molar-refractivity contribution in [3.63, 3.8) is 0 Å². The van der Waals surface area contributed by atoms with Gasteiger partial charge in [0.05, 0.1) is 19.8 Å². The summed E-state index contributed by atoms with van der Waals surface area (Å²) in [6.45, 7) is 2.66. The molecule has 0 radical (unpaired) electrons. The van der Waals surface area contributed by atoms with Gasteiger partial charge in [-0.3, -0.25) is 4.79 Å². The normalized spacial score (nSPS) is 22.4. The first-order valence-corrected chi connectivity index (χ1v) is 6.37. The Balaban J connectivity index is 2.32. The molecule has 2 rings (SSSR count). The fourth-order valence-corrected chi connectivity index (χ4v) is 2.39. The maximum absolute atomic E-state index is 12.6. The number of amides is 1. The molecule has 104 valence electrons. The van der Waals surface area contributed by atoms with Crippen LogP contribution in [-0.4, -0.2) is 43.7 Å². The molecule has 1 aliphatic rings. The monoisotopic (exact) mass is 264 g/mol. The Morgan fingerprint density at radius 3 is 2.63 bits per heavy atom.